The summed E-state index contributed by atoms with van der Waals surface area (Å²) in [5.74, 6) is 0.0352. The first-order valence-electron chi connectivity index (χ1n) is 5.75. The Labute approximate surface area is 109 Å². The Morgan fingerprint density at radius 3 is 2.95 bits per heavy atom. The number of amides is 1. The number of rotatable bonds is 5. The summed E-state index contributed by atoms with van der Waals surface area (Å²) in [7, 11) is 1.79. The van der Waals surface area contributed by atoms with E-state index in [0.717, 1.165) is 0 Å². The van der Waals surface area contributed by atoms with Gasteiger partial charge in [0.05, 0.1) is 16.7 Å². The van der Waals surface area contributed by atoms with E-state index in [9.17, 15) is 14.9 Å². The highest BCUT2D eigenvalue weighted by molar-refractivity contribution is 5.96. The minimum absolute atomic E-state index is 0.0778. The van der Waals surface area contributed by atoms with E-state index in [1.165, 1.54) is 12.1 Å². The Morgan fingerprint density at radius 2 is 2.26 bits per heavy atom. The molecule has 2 rings (SSSR count). The van der Waals surface area contributed by atoms with Crippen LogP contribution in [0.2, 0.25) is 0 Å². The van der Waals surface area contributed by atoms with Gasteiger partial charge in [-0.2, -0.15) is 0 Å². The molecule has 0 spiro atoms. The predicted molar refractivity (Wildman–Crippen MR) is 69.6 cm³/mol. The Balaban J connectivity index is 2.31. The average molecular weight is 266 g/mol. The molecule has 1 aliphatic heterocycles. The van der Waals surface area contributed by atoms with Crippen molar-refractivity contribution in [2.75, 3.05) is 37.4 Å². The third kappa shape index (κ3) is 2.91. The molecular weight excluding hydrogens is 252 g/mol. The van der Waals surface area contributed by atoms with Crippen LogP contribution in [0.25, 0.3) is 0 Å². The van der Waals surface area contributed by atoms with Gasteiger partial charge in [-0.1, -0.05) is 0 Å². The van der Waals surface area contributed by atoms with Gasteiger partial charge in [0.2, 0.25) is 0 Å². The number of anilines is 2. The normalized spacial score (nSPS) is 13.2. The zero-order valence-corrected chi connectivity index (χ0v) is 10.4. The molecule has 102 valence electrons. The summed E-state index contributed by atoms with van der Waals surface area (Å²) in [6, 6.07) is 2.83. The van der Waals surface area contributed by atoms with Gasteiger partial charge in [0, 0.05) is 13.1 Å². The minimum atomic E-state index is -0.484. The molecule has 0 aromatic heterocycles. The second-order valence-corrected chi connectivity index (χ2v) is 3.99. The van der Waals surface area contributed by atoms with Gasteiger partial charge in [-0.25, -0.2) is 0 Å². The summed E-state index contributed by atoms with van der Waals surface area (Å²) in [6.07, 6.45) is 0. The lowest BCUT2D eigenvalue weighted by Gasteiger charge is -2.19. The summed E-state index contributed by atoms with van der Waals surface area (Å²) in [5, 5.41) is 19.5. The van der Waals surface area contributed by atoms with E-state index >= 15 is 0 Å². The largest absolute Gasteiger partial charge is 0.481 e. The van der Waals surface area contributed by atoms with Crippen molar-refractivity contribution in [3.8, 4) is 5.75 Å². The molecule has 1 aromatic carbocycles. The Bertz CT molecular complexity index is 518. The van der Waals surface area contributed by atoms with E-state index < -0.39 is 4.92 Å². The molecule has 1 aliphatic rings. The topological polar surface area (TPSA) is 106 Å². The molecule has 1 aromatic rings. The van der Waals surface area contributed by atoms with Crippen LogP contribution in [0.15, 0.2) is 12.1 Å². The second kappa shape index (κ2) is 5.53. The zero-order valence-electron chi connectivity index (χ0n) is 10.4. The SMILES string of the molecule is CNCCNc1cc2c(cc1[N+](=O)[O-])OCC(=O)N2. The molecule has 0 unspecified atom stereocenters. The highest BCUT2D eigenvalue weighted by atomic mass is 16.6. The van der Waals surface area contributed by atoms with Gasteiger partial charge in [0.1, 0.15) is 5.69 Å². The van der Waals surface area contributed by atoms with Gasteiger partial charge in [0.25, 0.3) is 11.6 Å². The number of hydrogen-bond acceptors (Lipinski definition) is 6. The van der Waals surface area contributed by atoms with Crippen molar-refractivity contribution in [3.05, 3.63) is 22.2 Å². The van der Waals surface area contributed by atoms with Crippen molar-refractivity contribution in [1.29, 1.82) is 0 Å². The lowest BCUT2D eigenvalue weighted by molar-refractivity contribution is -0.384. The predicted octanol–water partition coefficient (Wildman–Crippen LogP) is 0.557. The van der Waals surface area contributed by atoms with Crippen molar-refractivity contribution in [1.82, 2.24) is 5.32 Å². The number of hydrogen-bond donors (Lipinski definition) is 3. The average Bonchev–Trinajstić information content (AvgIpc) is 2.37. The molecule has 0 aliphatic carbocycles. The van der Waals surface area contributed by atoms with Gasteiger partial charge in [-0.05, 0) is 13.1 Å². The zero-order chi connectivity index (χ0) is 13.8. The van der Waals surface area contributed by atoms with Crippen LogP contribution in [-0.2, 0) is 4.79 Å². The highest BCUT2D eigenvalue weighted by Gasteiger charge is 2.23. The lowest BCUT2D eigenvalue weighted by atomic mass is 10.2. The first kappa shape index (κ1) is 13.1. The molecular formula is C11H14N4O4. The number of nitro groups is 1. The molecule has 0 atom stereocenters. The van der Waals surface area contributed by atoms with E-state index in [4.69, 9.17) is 4.74 Å². The molecule has 8 nitrogen and oxygen atoms in total. The van der Waals surface area contributed by atoms with Gasteiger partial charge in [-0.15, -0.1) is 0 Å². The number of ether oxygens (including phenoxy) is 1. The molecule has 3 N–H and O–H groups in total. The molecule has 8 heteroatoms. The van der Waals surface area contributed by atoms with Crippen LogP contribution in [0, 0.1) is 10.1 Å². The van der Waals surface area contributed by atoms with E-state index in [2.05, 4.69) is 16.0 Å². The van der Waals surface area contributed by atoms with Gasteiger partial charge in [-0.3, -0.25) is 14.9 Å². The summed E-state index contributed by atoms with van der Waals surface area (Å²) in [5.41, 5.74) is 0.713. The van der Waals surface area contributed by atoms with E-state index in [-0.39, 0.29) is 18.2 Å². The van der Waals surface area contributed by atoms with Crippen LogP contribution >= 0.6 is 0 Å². The Kier molecular flexibility index (Phi) is 3.81. The minimum Gasteiger partial charge on any atom is -0.481 e. The summed E-state index contributed by atoms with van der Waals surface area (Å²) < 4.78 is 5.15. The number of fused-ring (bicyclic) bond motifs is 1. The maximum atomic E-state index is 11.2. The number of nitrogens with zero attached hydrogens (tertiary/aromatic N) is 1. The van der Waals surface area contributed by atoms with E-state index in [1.807, 2.05) is 0 Å². The molecule has 1 heterocycles. The first-order chi connectivity index (χ1) is 9.11. The fourth-order valence-corrected chi connectivity index (χ4v) is 1.73. The van der Waals surface area contributed by atoms with Crippen LogP contribution in [0.4, 0.5) is 17.1 Å². The molecule has 0 bridgehead atoms. The maximum absolute atomic E-state index is 11.2. The van der Waals surface area contributed by atoms with Gasteiger partial charge in [0.15, 0.2) is 12.4 Å². The molecule has 0 saturated carbocycles. The highest BCUT2D eigenvalue weighted by Crippen LogP contribution is 2.37. The first-order valence-corrected chi connectivity index (χ1v) is 5.75. The van der Waals surface area contributed by atoms with Crippen LogP contribution in [-0.4, -0.2) is 37.6 Å². The number of carbonyl (C=O) groups excluding carboxylic acids is 1. The molecule has 1 amide bonds. The fraction of sp³-hybridized carbons (Fsp3) is 0.364. The molecule has 0 radical (unpaired) electrons. The van der Waals surface area contributed by atoms with E-state index in [1.54, 1.807) is 7.05 Å². The van der Waals surface area contributed by atoms with Crippen molar-refractivity contribution in [2.24, 2.45) is 0 Å². The van der Waals surface area contributed by atoms with Crippen LogP contribution < -0.4 is 20.7 Å². The standard InChI is InChI=1S/C11H14N4O4/c1-12-2-3-13-7-4-8-10(5-9(7)15(17)18)19-6-11(16)14-8/h4-5,12-13H,2-3,6H2,1H3,(H,14,16). The molecule has 19 heavy (non-hydrogen) atoms. The number of nitrogens with one attached hydrogen (secondary N) is 3. The number of likely N-dealkylation sites (N-methyl/N-ethyl adjacent to an activating group) is 1. The number of benzene rings is 1. The quantitative estimate of drug-likeness (QED) is 0.408. The summed E-state index contributed by atoms with van der Waals surface area (Å²) >= 11 is 0. The van der Waals surface area contributed by atoms with Crippen molar-refractivity contribution in [3.63, 3.8) is 0 Å². The summed E-state index contributed by atoms with van der Waals surface area (Å²) in [6.45, 7) is 1.07. The number of nitro benzene ring substituents is 1. The fourth-order valence-electron chi connectivity index (χ4n) is 1.73. The van der Waals surface area contributed by atoms with E-state index in [0.29, 0.717) is 30.2 Å². The molecule has 0 saturated heterocycles. The third-order valence-electron chi connectivity index (χ3n) is 2.62. The Morgan fingerprint density at radius 1 is 1.47 bits per heavy atom. The van der Waals surface area contributed by atoms with Crippen LogP contribution in [0.1, 0.15) is 0 Å². The van der Waals surface area contributed by atoms with Crippen molar-refractivity contribution >= 4 is 23.0 Å². The third-order valence-corrected chi connectivity index (χ3v) is 2.62. The van der Waals surface area contributed by atoms with Crippen LogP contribution in [0.3, 0.4) is 0 Å². The monoisotopic (exact) mass is 266 g/mol. The smallest absolute Gasteiger partial charge is 0.296 e. The van der Waals surface area contributed by atoms with Crippen LogP contribution in [0.5, 0.6) is 5.75 Å². The Hall–Kier alpha value is -2.35. The van der Waals surface area contributed by atoms with Crippen molar-refractivity contribution < 1.29 is 14.5 Å². The summed E-state index contributed by atoms with van der Waals surface area (Å²) in [4.78, 5) is 21.7. The number of carbonyl (C=O) groups is 1. The van der Waals surface area contributed by atoms with Crippen molar-refractivity contribution in [2.45, 2.75) is 0 Å². The maximum Gasteiger partial charge on any atom is 0.296 e. The second-order valence-electron chi connectivity index (χ2n) is 3.99. The lowest BCUT2D eigenvalue weighted by Crippen LogP contribution is -2.25. The van der Waals surface area contributed by atoms with Gasteiger partial charge < -0.3 is 20.7 Å². The molecule has 0 fully saturated rings. The van der Waals surface area contributed by atoms with Gasteiger partial charge >= 0.3 is 0 Å².